The van der Waals surface area contributed by atoms with E-state index in [1.165, 1.54) is 16.8 Å². The molecule has 1 saturated heterocycles. The molecule has 7 heteroatoms. The van der Waals surface area contributed by atoms with Gasteiger partial charge >= 0.3 is 0 Å². The lowest BCUT2D eigenvalue weighted by Crippen LogP contribution is -2.41. The van der Waals surface area contributed by atoms with Crippen molar-refractivity contribution in [1.29, 1.82) is 0 Å². The zero-order valence-electron chi connectivity index (χ0n) is 17.1. The molecule has 0 spiro atoms. The van der Waals surface area contributed by atoms with Crippen LogP contribution in [0.4, 0.5) is 5.13 Å². The highest BCUT2D eigenvalue weighted by atomic mass is 32.1. The molecule has 6 nitrogen and oxygen atoms in total. The molecular weight excluding hydrogens is 380 g/mol. The molecule has 0 aromatic carbocycles. The number of allylic oxidation sites excluding steroid dienone is 5. The minimum absolute atomic E-state index is 0.530. The number of hydrogen-bond acceptors (Lipinski definition) is 7. The number of thiazole rings is 1. The van der Waals surface area contributed by atoms with Crippen LogP contribution in [0.15, 0.2) is 47.6 Å². The lowest BCUT2D eigenvalue weighted by atomic mass is 9.99. The lowest BCUT2D eigenvalue weighted by Gasteiger charge is -2.31. The Morgan fingerprint density at radius 1 is 1.17 bits per heavy atom. The first-order valence-electron chi connectivity index (χ1n) is 10.2. The first kappa shape index (κ1) is 18.5. The third kappa shape index (κ3) is 3.49. The summed E-state index contributed by atoms with van der Waals surface area (Å²) in [6.07, 6.45) is 14.0. The molecule has 0 bridgehead atoms. The summed E-state index contributed by atoms with van der Waals surface area (Å²) >= 11 is 1.64. The number of nitrogens with zero attached hydrogens (tertiary/aromatic N) is 5. The largest absolute Gasteiger partial charge is 0.348 e. The summed E-state index contributed by atoms with van der Waals surface area (Å²) < 4.78 is 0. The molecule has 5 heterocycles. The van der Waals surface area contributed by atoms with Crippen molar-refractivity contribution in [3.8, 4) is 0 Å². The van der Waals surface area contributed by atoms with Crippen molar-refractivity contribution < 1.29 is 0 Å². The van der Waals surface area contributed by atoms with Crippen molar-refractivity contribution in [2.75, 3.05) is 25.0 Å². The minimum Gasteiger partial charge on any atom is -0.348 e. The van der Waals surface area contributed by atoms with E-state index >= 15 is 0 Å². The zero-order chi connectivity index (χ0) is 20.0. The molecule has 29 heavy (non-hydrogen) atoms. The van der Waals surface area contributed by atoms with Crippen molar-refractivity contribution >= 4 is 32.5 Å². The topological polar surface area (TPSA) is 57.2 Å². The normalized spacial score (nSPS) is 20.0. The standard InChI is InChI=1S/C22H26N6S/c1-14-4-5-19-15(2)10-16(13-28(19)12-14)18-11-24-20-21(25-18)29-22(26-20)27(3)17-6-8-23-9-7-17/h5,10-13,17,23H,4,6-9H2,1-3H3. The number of fused-ring (bicyclic) bond motifs is 2. The first-order chi connectivity index (χ1) is 14.1. The summed E-state index contributed by atoms with van der Waals surface area (Å²) in [5.41, 5.74) is 6.59. The van der Waals surface area contributed by atoms with Gasteiger partial charge in [-0.3, -0.25) is 0 Å². The van der Waals surface area contributed by atoms with Crippen LogP contribution in [0.1, 0.15) is 38.8 Å². The van der Waals surface area contributed by atoms with E-state index in [4.69, 9.17) is 9.97 Å². The highest BCUT2D eigenvalue weighted by Crippen LogP contribution is 2.34. The summed E-state index contributed by atoms with van der Waals surface area (Å²) in [4.78, 5) is 19.7. The predicted octanol–water partition coefficient (Wildman–Crippen LogP) is 4.07. The molecule has 0 saturated carbocycles. The van der Waals surface area contributed by atoms with Gasteiger partial charge in [-0.05, 0) is 57.8 Å². The predicted molar refractivity (Wildman–Crippen MR) is 120 cm³/mol. The third-order valence-electron chi connectivity index (χ3n) is 5.88. The van der Waals surface area contributed by atoms with E-state index < -0.39 is 0 Å². The number of anilines is 1. The number of piperidine rings is 1. The van der Waals surface area contributed by atoms with Crippen molar-refractivity contribution in [3.63, 3.8) is 0 Å². The fourth-order valence-electron chi connectivity index (χ4n) is 4.18. The lowest BCUT2D eigenvalue weighted by molar-refractivity contribution is 0.443. The SMILES string of the molecule is CC1=CN2C=C(c3cnc4nc(N(C)C5CCNCC5)sc4n3)C=C(C)C2=CC1. The van der Waals surface area contributed by atoms with Crippen LogP contribution >= 0.6 is 11.3 Å². The van der Waals surface area contributed by atoms with Crippen LogP contribution in [0.25, 0.3) is 16.1 Å². The van der Waals surface area contributed by atoms with E-state index in [0.29, 0.717) is 6.04 Å². The summed E-state index contributed by atoms with van der Waals surface area (Å²) in [6, 6.07) is 0.530. The van der Waals surface area contributed by atoms with Gasteiger partial charge in [-0.15, -0.1) is 0 Å². The van der Waals surface area contributed by atoms with Crippen molar-refractivity contribution in [1.82, 2.24) is 25.2 Å². The fourth-order valence-corrected chi connectivity index (χ4v) is 5.11. The van der Waals surface area contributed by atoms with Crippen LogP contribution in [-0.4, -0.2) is 46.0 Å². The molecule has 0 radical (unpaired) electrons. The van der Waals surface area contributed by atoms with Gasteiger partial charge in [-0.1, -0.05) is 23.0 Å². The Hall–Kier alpha value is -2.51. The number of aromatic nitrogens is 3. The summed E-state index contributed by atoms with van der Waals surface area (Å²) in [6.45, 7) is 6.46. The smallest absolute Gasteiger partial charge is 0.191 e. The maximum Gasteiger partial charge on any atom is 0.191 e. The van der Waals surface area contributed by atoms with Gasteiger partial charge in [-0.2, -0.15) is 4.98 Å². The van der Waals surface area contributed by atoms with Gasteiger partial charge in [0, 0.05) is 36.8 Å². The monoisotopic (exact) mass is 406 g/mol. The Bertz CT molecular complexity index is 1070. The summed E-state index contributed by atoms with van der Waals surface area (Å²) in [5, 5.41) is 4.43. The number of hydrogen-bond donors (Lipinski definition) is 1. The average Bonchev–Trinajstić information content (AvgIpc) is 3.16. The Kier molecular flexibility index (Phi) is 4.72. The molecule has 5 rings (SSSR count). The second-order valence-corrected chi connectivity index (χ2v) is 9.02. The van der Waals surface area contributed by atoms with Gasteiger partial charge in [0.15, 0.2) is 15.6 Å². The van der Waals surface area contributed by atoms with Crippen LogP contribution in [0.3, 0.4) is 0 Å². The molecule has 3 aliphatic rings. The Labute approximate surface area is 175 Å². The fraction of sp³-hybridized carbons (Fsp3) is 0.409. The first-order valence-corrected chi connectivity index (χ1v) is 11.0. The van der Waals surface area contributed by atoms with Crippen molar-refractivity contribution in [2.24, 2.45) is 0 Å². The van der Waals surface area contributed by atoms with E-state index in [1.807, 2.05) is 6.20 Å². The molecule has 0 atom stereocenters. The maximum atomic E-state index is 4.91. The Balaban J connectivity index is 1.46. The van der Waals surface area contributed by atoms with E-state index in [-0.39, 0.29) is 0 Å². The summed E-state index contributed by atoms with van der Waals surface area (Å²) in [7, 11) is 2.14. The van der Waals surface area contributed by atoms with Crippen molar-refractivity contribution in [3.05, 3.63) is 53.3 Å². The van der Waals surface area contributed by atoms with Crippen molar-refractivity contribution in [2.45, 2.75) is 39.2 Å². The van der Waals surface area contributed by atoms with Crippen LogP contribution in [0.2, 0.25) is 0 Å². The molecule has 0 aliphatic carbocycles. The van der Waals surface area contributed by atoms with Gasteiger partial charge in [-0.25, -0.2) is 9.97 Å². The molecule has 1 N–H and O–H groups in total. The molecule has 1 fully saturated rings. The molecule has 3 aliphatic heterocycles. The third-order valence-corrected chi connectivity index (χ3v) is 6.90. The molecule has 2 aromatic heterocycles. The van der Waals surface area contributed by atoms with Crippen LogP contribution in [-0.2, 0) is 0 Å². The molecule has 150 valence electrons. The second kappa shape index (κ2) is 7.39. The van der Waals surface area contributed by atoms with E-state index in [0.717, 1.165) is 59.2 Å². The van der Waals surface area contributed by atoms with Gasteiger partial charge in [0.25, 0.3) is 0 Å². The molecule has 0 amide bonds. The van der Waals surface area contributed by atoms with Gasteiger partial charge in [0.2, 0.25) is 0 Å². The van der Waals surface area contributed by atoms with Crippen LogP contribution in [0.5, 0.6) is 0 Å². The number of nitrogens with one attached hydrogen (secondary N) is 1. The second-order valence-electron chi connectivity index (χ2n) is 8.06. The highest BCUT2D eigenvalue weighted by Gasteiger charge is 2.22. The van der Waals surface area contributed by atoms with Crippen LogP contribution in [0, 0.1) is 0 Å². The Morgan fingerprint density at radius 3 is 2.83 bits per heavy atom. The van der Waals surface area contributed by atoms with E-state index in [9.17, 15) is 0 Å². The molecular formula is C22H26N6S. The van der Waals surface area contributed by atoms with Gasteiger partial charge in [0.1, 0.15) is 0 Å². The zero-order valence-corrected chi connectivity index (χ0v) is 18.0. The molecule has 0 unspecified atom stereocenters. The quantitative estimate of drug-likeness (QED) is 0.829. The van der Waals surface area contributed by atoms with Crippen LogP contribution < -0.4 is 10.2 Å². The minimum atomic E-state index is 0.530. The van der Waals surface area contributed by atoms with E-state index in [2.05, 4.69) is 65.5 Å². The maximum absolute atomic E-state index is 4.91. The Morgan fingerprint density at radius 2 is 2.00 bits per heavy atom. The summed E-state index contributed by atoms with van der Waals surface area (Å²) in [5.74, 6) is 0. The highest BCUT2D eigenvalue weighted by molar-refractivity contribution is 7.21. The number of rotatable bonds is 3. The van der Waals surface area contributed by atoms with Gasteiger partial charge < -0.3 is 15.1 Å². The average molecular weight is 407 g/mol. The van der Waals surface area contributed by atoms with Gasteiger partial charge in [0.05, 0.1) is 11.9 Å². The van der Waals surface area contributed by atoms with E-state index in [1.54, 1.807) is 11.3 Å². The molecule has 2 aromatic rings.